The van der Waals surface area contributed by atoms with Crippen LogP contribution >= 0.6 is 0 Å². The number of aryl methyl sites for hydroxylation is 1. The highest BCUT2D eigenvalue weighted by Gasteiger charge is 2.27. The summed E-state index contributed by atoms with van der Waals surface area (Å²) in [5.74, 6) is 1.67. The van der Waals surface area contributed by atoms with Gasteiger partial charge in [-0.25, -0.2) is 0 Å². The number of para-hydroxylation sites is 2. The van der Waals surface area contributed by atoms with Gasteiger partial charge in [0.05, 0.1) is 0 Å². The van der Waals surface area contributed by atoms with Gasteiger partial charge in [0.1, 0.15) is 11.5 Å². The molecule has 5 nitrogen and oxygen atoms in total. The summed E-state index contributed by atoms with van der Waals surface area (Å²) in [7, 11) is 0. The van der Waals surface area contributed by atoms with E-state index in [1.807, 2.05) is 42.5 Å². The molecule has 2 heterocycles. The van der Waals surface area contributed by atoms with E-state index in [0.29, 0.717) is 6.42 Å². The first-order valence-electron chi connectivity index (χ1n) is 15.0. The van der Waals surface area contributed by atoms with E-state index in [4.69, 9.17) is 4.74 Å². The van der Waals surface area contributed by atoms with Crippen LogP contribution in [0.1, 0.15) is 41.5 Å². The first-order valence-corrected chi connectivity index (χ1v) is 15.0. The van der Waals surface area contributed by atoms with E-state index < -0.39 is 0 Å². The number of aromatic nitrogens is 1. The van der Waals surface area contributed by atoms with Crippen LogP contribution in [0, 0.1) is 6.92 Å². The Labute approximate surface area is 249 Å². The van der Waals surface area contributed by atoms with Gasteiger partial charge in [0.2, 0.25) is 5.91 Å². The fraction of sp³-hybridized carbons (Fsp3) is 0.270. The quantitative estimate of drug-likeness (QED) is 0.189. The van der Waals surface area contributed by atoms with E-state index in [1.54, 1.807) is 0 Å². The Morgan fingerprint density at radius 2 is 1.52 bits per heavy atom. The molecule has 0 aliphatic carbocycles. The zero-order valence-electron chi connectivity index (χ0n) is 24.6. The topological polar surface area (TPSA) is 37.7 Å². The van der Waals surface area contributed by atoms with Gasteiger partial charge in [0.15, 0.2) is 0 Å². The Balaban J connectivity index is 1.37. The number of ether oxygens (including phenoxy) is 1. The second-order valence-electron chi connectivity index (χ2n) is 11.3. The van der Waals surface area contributed by atoms with Crippen LogP contribution in [0.25, 0.3) is 10.9 Å². The molecule has 1 fully saturated rings. The number of carbonyl (C=O) groups excluding carboxylic acids is 1. The minimum atomic E-state index is -0.106. The third-order valence-electron chi connectivity index (χ3n) is 8.46. The Kier molecular flexibility index (Phi) is 8.38. The molecule has 0 saturated carbocycles. The third-order valence-corrected chi connectivity index (χ3v) is 8.46. The van der Waals surface area contributed by atoms with E-state index in [2.05, 4.69) is 95.1 Å². The molecule has 5 aromatic rings. The average Bonchev–Trinajstić information content (AvgIpc) is 3.39. The Bertz CT molecular complexity index is 1630. The zero-order valence-corrected chi connectivity index (χ0v) is 24.6. The van der Waals surface area contributed by atoms with Gasteiger partial charge < -0.3 is 19.1 Å². The lowest BCUT2D eigenvalue weighted by Crippen LogP contribution is -2.48. The summed E-state index contributed by atoms with van der Waals surface area (Å²) in [6, 6.07) is 35.4. The van der Waals surface area contributed by atoms with Crippen LogP contribution in [0.2, 0.25) is 0 Å². The number of fused-ring (bicyclic) bond motifs is 1. The second kappa shape index (κ2) is 12.7. The number of rotatable bonds is 9. The van der Waals surface area contributed by atoms with E-state index in [-0.39, 0.29) is 11.8 Å². The number of amides is 1. The van der Waals surface area contributed by atoms with Crippen LogP contribution in [-0.2, 0) is 11.3 Å². The Morgan fingerprint density at radius 1 is 0.810 bits per heavy atom. The maximum Gasteiger partial charge on any atom is 0.223 e. The second-order valence-corrected chi connectivity index (χ2v) is 11.3. The molecule has 5 heteroatoms. The highest BCUT2D eigenvalue weighted by Crippen LogP contribution is 2.37. The molecule has 0 bridgehead atoms. The molecule has 0 radical (unpaired) electrons. The van der Waals surface area contributed by atoms with Crippen molar-refractivity contribution in [2.24, 2.45) is 0 Å². The summed E-state index contributed by atoms with van der Waals surface area (Å²) in [4.78, 5) is 18.3. The number of likely N-dealkylation sites (N-methyl/N-ethyl adjacent to an activating group) is 1. The maximum atomic E-state index is 13.9. The molecule has 4 aromatic carbocycles. The van der Waals surface area contributed by atoms with Crippen molar-refractivity contribution in [1.29, 1.82) is 0 Å². The van der Waals surface area contributed by atoms with Crippen LogP contribution < -0.4 is 4.74 Å². The largest absolute Gasteiger partial charge is 0.457 e. The van der Waals surface area contributed by atoms with Crippen LogP contribution in [0.4, 0.5) is 0 Å². The normalized spacial score (nSPS) is 14.7. The van der Waals surface area contributed by atoms with Gasteiger partial charge in [-0.2, -0.15) is 0 Å². The van der Waals surface area contributed by atoms with Gasteiger partial charge in [-0.1, -0.05) is 85.3 Å². The summed E-state index contributed by atoms with van der Waals surface area (Å²) in [5, 5.41) is 1.19. The predicted octanol–water partition coefficient (Wildman–Crippen LogP) is 7.48. The number of piperazine rings is 1. The molecule has 1 amide bonds. The van der Waals surface area contributed by atoms with Crippen molar-refractivity contribution in [2.45, 2.75) is 32.7 Å². The fourth-order valence-electron chi connectivity index (χ4n) is 6.02. The summed E-state index contributed by atoms with van der Waals surface area (Å²) in [5.41, 5.74) is 5.96. The number of carbonyl (C=O) groups is 1. The molecule has 6 rings (SSSR count). The summed E-state index contributed by atoms with van der Waals surface area (Å²) >= 11 is 0. The van der Waals surface area contributed by atoms with Gasteiger partial charge in [0.25, 0.3) is 0 Å². The molecule has 1 atom stereocenters. The van der Waals surface area contributed by atoms with E-state index in [0.717, 1.165) is 56.3 Å². The van der Waals surface area contributed by atoms with Crippen molar-refractivity contribution < 1.29 is 9.53 Å². The van der Waals surface area contributed by atoms with Gasteiger partial charge in [-0.05, 0) is 60.5 Å². The minimum absolute atomic E-state index is 0.106. The molecular formula is C37H39N3O2. The summed E-state index contributed by atoms with van der Waals surface area (Å²) in [6.07, 6.45) is 2.68. The third kappa shape index (κ3) is 6.27. The zero-order chi connectivity index (χ0) is 28.9. The van der Waals surface area contributed by atoms with Crippen molar-refractivity contribution in [1.82, 2.24) is 14.4 Å². The number of nitrogens with zero attached hydrogens (tertiary/aromatic N) is 3. The first-order chi connectivity index (χ1) is 20.6. The highest BCUT2D eigenvalue weighted by atomic mass is 16.5. The highest BCUT2D eigenvalue weighted by molar-refractivity contribution is 5.87. The standard InChI is InChI=1S/C37H39N3O2/c1-3-38-20-22-39(23-21-38)37(41)25-34(30-10-9-13-32(24-30)42-31-11-5-4-6-12-31)35-27-40(36-15-8-7-14-33(35)36)26-29-18-16-28(2)17-19-29/h4-19,24,27,34H,3,20-23,25-26H2,1-2H3/t34-/m0/s1. The molecule has 0 spiro atoms. The number of hydrogen-bond donors (Lipinski definition) is 0. The van der Waals surface area contributed by atoms with E-state index in [1.165, 1.54) is 27.6 Å². The molecule has 214 valence electrons. The average molecular weight is 558 g/mol. The molecule has 42 heavy (non-hydrogen) atoms. The first kappa shape index (κ1) is 27.8. The Morgan fingerprint density at radius 3 is 2.29 bits per heavy atom. The Hall–Kier alpha value is -4.35. The molecule has 1 saturated heterocycles. The van der Waals surface area contributed by atoms with Crippen molar-refractivity contribution >= 4 is 16.8 Å². The summed E-state index contributed by atoms with van der Waals surface area (Å²) in [6.45, 7) is 9.54. The van der Waals surface area contributed by atoms with Gasteiger partial charge in [0, 0.05) is 62.2 Å². The lowest BCUT2D eigenvalue weighted by Gasteiger charge is -2.35. The van der Waals surface area contributed by atoms with Crippen molar-refractivity contribution in [2.75, 3.05) is 32.7 Å². The van der Waals surface area contributed by atoms with Crippen molar-refractivity contribution in [3.63, 3.8) is 0 Å². The van der Waals surface area contributed by atoms with Crippen LogP contribution in [0.15, 0.2) is 109 Å². The van der Waals surface area contributed by atoms with Crippen LogP contribution in [-0.4, -0.2) is 53.0 Å². The predicted molar refractivity (Wildman–Crippen MR) is 170 cm³/mol. The fourth-order valence-corrected chi connectivity index (χ4v) is 6.02. The lowest BCUT2D eigenvalue weighted by molar-refractivity contribution is -0.133. The van der Waals surface area contributed by atoms with Crippen molar-refractivity contribution in [3.8, 4) is 11.5 Å². The number of hydrogen-bond acceptors (Lipinski definition) is 3. The molecule has 1 aromatic heterocycles. The molecule has 1 aliphatic heterocycles. The smallest absolute Gasteiger partial charge is 0.223 e. The van der Waals surface area contributed by atoms with Gasteiger partial charge in [-0.15, -0.1) is 0 Å². The number of benzene rings is 4. The van der Waals surface area contributed by atoms with Gasteiger partial charge >= 0.3 is 0 Å². The molecular weight excluding hydrogens is 518 g/mol. The van der Waals surface area contributed by atoms with E-state index in [9.17, 15) is 4.79 Å². The lowest BCUT2D eigenvalue weighted by atomic mass is 9.87. The summed E-state index contributed by atoms with van der Waals surface area (Å²) < 4.78 is 8.56. The maximum absolute atomic E-state index is 13.9. The monoisotopic (exact) mass is 557 g/mol. The SMILES string of the molecule is CCN1CCN(C(=O)C[C@@H](c2cccc(Oc3ccccc3)c2)c2cn(Cc3ccc(C)cc3)c3ccccc23)CC1. The minimum Gasteiger partial charge on any atom is -0.457 e. The van der Waals surface area contributed by atoms with Crippen LogP contribution in [0.3, 0.4) is 0 Å². The van der Waals surface area contributed by atoms with Crippen LogP contribution in [0.5, 0.6) is 11.5 Å². The molecule has 0 unspecified atom stereocenters. The van der Waals surface area contributed by atoms with E-state index >= 15 is 0 Å². The molecule has 1 aliphatic rings. The van der Waals surface area contributed by atoms with Crippen molar-refractivity contribution in [3.05, 3.63) is 132 Å². The molecule has 0 N–H and O–H groups in total. The van der Waals surface area contributed by atoms with Gasteiger partial charge in [-0.3, -0.25) is 4.79 Å².